The molecule has 0 aromatic heterocycles. The van der Waals surface area contributed by atoms with Gasteiger partial charge in [-0.1, -0.05) is 12.1 Å². The van der Waals surface area contributed by atoms with Gasteiger partial charge in [0.05, 0.1) is 4.47 Å². The second-order valence-corrected chi connectivity index (χ2v) is 3.39. The maximum absolute atomic E-state index is 12.4. The molecule has 0 radical (unpaired) electrons. The van der Waals surface area contributed by atoms with Gasteiger partial charge in [-0.05, 0) is 22.0 Å². The normalized spacial score (nSPS) is 9.93. The van der Waals surface area contributed by atoms with Crippen molar-refractivity contribution in [2.45, 2.75) is 6.43 Å². The van der Waals surface area contributed by atoms with E-state index < -0.39 is 6.43 Å². The molecule has 0 unspecified atom stereocenters. The zero-order valence-electron chi connectivity index (χ0n) is 7.75. The minimum absolute atomic E-state index is 0. The minimum Gasteiger partial charge on any atom is -0.491 e. The summed E-state index contributed by atoms with van der Waals surface area (Å²) in [6.45, 7) is 0.663. The highest BCUT2D eigenvalue weighted by molar-refractivity contribution is 9.10. The summed E-state index contributed by atoms with van der Waals surface area (Å²) in [5, 5.41) is 0. The summed E-state index contributed by atoms with van der Waals surface area (Å²) in [7, 11) is 0. The highest BCUT2D eigenvalue weighted by Crippen LogP contribution is 2.34. The van der Waals surface area contributed by atoms with Gasteiger partial charge in [-0.3, -0.25) is 0 Å². The Balaban J connectivity index is 0.00000196. The summed E-state index contributed by atoms with van der Waals surface area (Å²) in [6.07, 6.45) is -2.51. The van der Waals surface area contributed by atoms with Crippen LogP contribution in [0.5, 0.6) is 5.75 Å². The number of ether oxygens (including phenoxy) is 1. The van der Waals surface area contributed by atoms with Crippen molar-refractivity contribution in [2.75, 3.05) is 13.2 Å². The molecule has 86 valence electrons. The molecule has 0 saturated heterocycles. The molecule has 1 aromatic carbocycles. The van der Waals surface area contributed by atoms with Gasteiger partial charge in [-0.15, -0.1) is 12.4 Å². The first kappa shape index (κ1) is 14.6. The summed E-state index contributed by atoms with van der Waals surface area (Å²) >= 11 is 3.07. The highest BCUT2D eigenvalue weighted by Gasteiger charge is 2.14. The molecule has 0 amide bonds. The molecular weight excluding hydrogens is 291 g/mol. The van der Waals surface area contributed by atoms with Gasteiger partial charge in [-0.25, -0.2) is 8.78 Å². The Hall–Kier alpha value is -0.390. The zero-order valence-corrected chi connectivity index (χ0v) is 10.2. The number of nitrogens with two attached hydrogens (primary N) is 1. The van der Waals surface area contributed by atoms with E-state index in [9.17, 15) is 8.78 Å². The summed E-state index contributed by atoms with van der Waals surface area (Å²) in [5.74, 6) is 0.397. The van der Waals surface area contributed by atoms with Crippen LogP contribution in [0.3, 0.4) is 0 Å². The number of rotatable bonds is 4. The molecule has 0 bridgehead atoms. The lowest BCUT2D eigenvalue weighted by molar-refractivity contribution is 0.150. The Morgan fingerprint density at radius 2 is 2.07 bits per heavy atom. The maximum Gasteiger partial charge on any atom is 0.265 e. The van der Waals surface area contributed by atoms with Crippen molar-refractivity contribution in [3.63, 3.8) is 0 Å². The van der Waals surface area contributed by atoms with E-state index in [-0.39, 0.29) is 18.0 Å². The van der Waals surface area contributed by atoms with Crippen LogP contribution < -0.4 is 10.5 Å². The number of alkyl halides is 2. The smallest absolute Gasteiger partial charge is 0.265 e. The number of benzene rings is 1. The van der Waals surface area contributed by atoms with E-state index in [0.29, 0.717) is 23.4 Å². The van der Waals surface area contributed by atoms with Gasteiger partial charge in [0.15, 0.2) is 0 Å². The lowest BCUT2D eigenvalue weighted by Crippen LogP contribution is -2.11. The molecule has 2 N–H and O–H groups in total. The van der Waals surface area contributed by atoms with Gasteiger partial charge in [0.1, 0.15) is 12.4 Å². The van der Waals surface area contributed by atoms with Crippen LogP contribution in [0.2, 0.25) is 0 Å². The molecular formula is C9H11BrClF2NO. The van der Waals surface area contributed by atoms with Crippen molar-refractivity contribution >= 4 is 28.3 Å². The lowest BCUT2D eigenvalue weighted by atomic mass is 10.2. The molecule has 2 nitrogen and oxygen atoms in total. The van der Waals surface area contributed by atoms with Gasteiger partial charge in [-0.2, -0.15) is 0 Å². The molecule has 0 aliphatic carbocycles. The highest BCUT2D eigenvalue weighted by atomic mass is 79.9. The first-order valence-corrected chi connectivity index (χ1v) is 4.85. The Labute approximate surface area is 101 Å². The molecule has 0 atom stereocenters. The van der Waals surface area contributed by atoms with Gasteiger partial charge in [0.2, 0.25) is 0 Å². The monoisotopic (exact) mass is 301 g/mol. The topological polar surface area (TPSA) is 35.2 Å². The number of halogens is 4. The standard InChI is InChI=1S/C9H10BrF2NO.ClH/c10-8-6(9(11)12)2-1-3-7(8)14-5-4-13;/h1-3,9H,4-5,13H2;1H. The summed E-state index contributed by atoms with van der Waals surface area (Å²) in [4.78, 5) is 0. The van der Waals surface area contributed by atoms with Crippen molar-refractivity contribution in [3.05, 3.63) is 28.2 Å². The molecule has 0 aliphatic heterocycles. The van der Waals surface area contributed by atoms with Crippen LogP contribution >= 0.6 is 28.3 Å². The summed E-state index contributed by atoms with van der Waals surface area (Å²) in [5.41, 5.74) is 5.17. The van der Waals surface area contributed by atoms with E-state index in [1.807, 2.05) is 0 Å². The predicted octanol–water partition coefficient (Wildman–Crippen LogP) is 3.15. The molecule has 6 heteroatoms. The minimum atomic E-state index is -2.51. The Bertz CT molecular complexity index is 312. The van der Waals surface area contributed by atoms with E-state index in [1.165, 1.54) is 12.1 Å². The van der Waals surface area contributed by atoms with E-state index in [2.05, 4.69) is 15.9 Å². The van der Waals surface area contributed by atoms with Crippen LogP contribution in [0.25, 0.3) is 0 Å². The van der Waals surface area contributed by atoms with Crippen molar-refractivity contribution in [3.8, 4) is 5.75 Å². The predicted molar refractivity (Wildman–Crippen MR) is 60.9 cm³/mol. The van der Waals surface area contributed by atoms with Crippen LogP contribution in [0.1, 0.15) is 12.0 Å². The first-order valence-electron chi connectivity index (χ1n) is 4.06. The van der Waals surface area contributed by atoms with Crippen molar-refractivity contribution in [1.29, 1.82) is 0 Å². The second kappa shape index (κ2) is 6.98. The average molecular weight is 303 g/mol. The van der Waals surface area contributed by atoms with Crippen LogP contribution in [0.4, 0.5) is 8.78 Å². The third-order valence-corrected chi connectivity index (χ3v) is 2.45. The van der Waals surface area contributed by atoms with Crippen molar-refractivity contribution in [2.24, 2.45) is 5.73 Å². The third kappa shape index (κ3) is 3.93. The SMILES string of the molecule is Cl.NCCOc1cccc(C(F)F)c1Br. The summed E-state index contributed by atoms with van der Waals surface area (Å²) in [6, 6.07) is 4.49. The Morgan fingerprint density at radius 3 is 2.60 bits per heavy atom. The lowest BCUT2D eigenvalue weighted by Gasteiger charge is -2.09. The fourth-order valence-corrected chi connectivity index (χ4v) is 1.53. The van der Waals surface area contributed by atoms with Gasteiger partial charge >= 0.3 is 0 Å². The molecule has 0 spiro atoms. The number of hydrogen-bond acceptors (Lipinski definition) is 2. The molecule has 1 aromatic rings. The van der Waals surface area contributed by atoms with E-state index in [4.69, 9.17) is 10.5 Å². The fourth-order valence-electron chi connectivity index (χ4n) is 0.977. The van der Waals surface area contributed by atoms with Crippen LogP contribution in [0, 0.1) is 0 Å². The Morgan fingerprint density at radius 1 is 1.40 bits per heavy atom. The molecule has 1 rings (SSSR count). The van der Waals surface area contributed by atoms with E-state index in [1.54, 1.807) is 6.07 Å². The van der Waals surface area contributed by atoms with Crippen molar-refractivity contribution in [1.82, 2.24) is 0 Å². The fraction of sp³-hybridized carbons (Fsp3) is 0.333. The van der Waals surface area contributed by atoms with Gasteiger partial charge in [0, 0.05) is 12.1 Å². The van der Waals surface area contributed by atoms with E-state index >= 15 is 0 Å². The van der Waals surface area contributed by atoms with Crippen LogP contribution in [-0.4, -0.2) is 13.2 Å². The Kier molecular flexibility index (Phi) is 6.80. The largest absolute Gasteiger partial charge is 0.491 e. The molecule has 0 aliphatic rings. The maximum atomic E-state index is 12.4. The average Bonchev–Trinajstić information content (AvgIpc) is 2.16. The van der Waals surface area contributed by atoms with Crippen molar-refractivity contribution < 1.29 is 13.5 Å². The molecule has 0 saturated carbocycles. The molecule has 0 fully saturated rings. The van der Waals surface area contributed by atoms with Crippen LogP contribution in [-0.2, 0) is 0 Å². The summed E-state index contributed by atoms with van der Waals surface area (Å²) < 4.78 is 30.3. The third-order valence-electron chi connectivity index (χ3n) is 1.60. The second-order valence-electron chi connectivity index (χ2n) is 2.60. The number of hydrogen-bond donors (Lipinski definition) is 1. The van der Waals surface area contributed by atoms with E-state index in [0.717, 1.165) is 0 Å². The molecule has 0 heterocycles. The first-order chi connectivity index (χ1) is 6.66. The quantitative estimate of drug-likeness (QED) is 0.927. The zero-order chi connectivity index (χ0) is 10.6. The van der Waals surface area contributed by atoms with Gasteiger partial charge in [0.25, 0.3) is 6.43 Å². The van der Waals surface area contributed by atoms with Gasteiger partial charge < -0.3 is 10.5 Å². The molecule has 15 heavy (non-hydrogen) atoms. The van der Waals surface area contributed by atoms with Crippen LogP contribution in [0.15, 0.2) is 22.7 Å².